The van der Waals surface area contributed by atoms with Crippen LogP contribution in [0.5, 0.6) is 5.88 Å². The van der Waals surface area contributed by atoms with Crippen molar-refractivity contribution in [3.8, 4) is 5.88 Å². The predicted molar refractivity (Wildman–Crippen MR) is 56.4 cm³/mol. The number of methoxy groups -OCH3 is 1. The van der Waals surface area contributed by atoms with E-state index < -0.39 is 23.5 Å². The van der Waals surface area contributed by atoms with Crippen LogP contribution in [0.1, 0.15) is 28.0 Å². The molecule has 98 valence electrons. The molecule has 2 heterocycles. The predicted octanol–water partition coefficient (Wildman–Crippen LogP) is 1.78. The minimum Gasteiger partial charge on any atom is -0.481 e. The molecule has 0 aromatic carbocycles. The van der Waals surface area contributed by atoms with E-state index in [1.807, 2.05) is 0 Å². The third-order valence-corrected chi connectivity index (χ3v) is 2.69. The van der Waals surface area contributed by atoms with Gasteiger partial charge in [0, 0.05) is 6.54 Å². The Hall–Kier alpha value is -1.79. The lowest BCUT2D eigenvalue weighted by molar-refractivity contribution is -0.139. The average Bonchev–Trinajstić information content (AvgIpc) is 2.49. The monoisotopic (exact) mass is 260 g/mol. The van der Waals surface area contributed by atoms with Gasteiger partial charge in [0.05, 0.1) is 7.11 Å². The van der Waals surface area contributed by atoms with E-state index in [0.29, 0.717) is 24.9 Å². The number of nitrogens with one attached hydrogen (secondary N) is 1. The van der Waals surface area contributed by atoms with Crippen LogP contribution in [-0.2, 0) is 12.6 Å². The highest BCUT2D eigenvalue weighted by atomic mass is 19.4. The van der Waals surface area contributed by atoms with Crippen molar-refractivity contribution < 1.29 is 22.7 Å². The fourth-order valence-corrected chi connectivity index (χ4v) is 1.85. The summed E-state index contributed by atoms with van der Waals surface area (Å²) < 4.78 is 43.0. The van der Waals surface area contributed by atoms with Crippen LogP contribution in [0.4, 0.5) is 13.2 Å². The zero-order valence-electron chi connectivity index (χ0n) is 9.60. The van der Waals surface area contributed by atoms with Crippen molar-refractivity contribution in [3.63, 3.8) is 0 Å². The number of pyridine rings is 1. The molecule has 0 bridgehead atoms. The highest BCUT2D eigenvalue weighted by Crippen LogP contribution is 2.36. The molecule has 7 heteroatoms. The summed E-state index contributed by atoms with van der Waals surface area (Å²) in [4.78, 5) is 15.3. The van der Waals surface area contributed by atoms with E-state index in [-0.39, 0.29) is 5.69 Å². The normalized spacial score (nSPS) is 15.7. The molecule has 2 rings (SSSR count). The van der Waals surface area contributed by atoms with Crippen LogP contribution < -0.4 is 10.1 Å². The maximum atomic E-state index is 12.8. The molecule has 4 nitrogen and oxygen atoms in total. The number of halogens is 3. The number of alkyl halides is 3. The zero-order chi connectivity index (χ0) is 13.3. The molecule has 0 saturated carbocycles. The van der Waals surface area contributed by atoms with Crippen LogP contribution in [0.15, 0.2) is 6.07 Å². The van der Waals surface area contributed by atoms with E-state index in [2.05, 4.69) is 15.0 Å². The summed E-state index contributed by atoms with van der Waals surface area (Å²) in [6, 6.07) is 0.950. The summed E-state index contributed by atoms with van der Waals surface area (Å²) in [6.45, 7) is 0.429. The number of aromatic nitrogens is 1. The first-order valence-corrected chi connectivity index (χ1v) is 5.37. The molecule has 1 aromatic heterocycles. The van der Waals surface area contributed by atoms with Gasteiger partial charge < -0.3 is 10.1 Å². The molecule has 1 aliphatic heterocycles. The molecule has 1 amide bonds. The second-order valence-electron chi connectivity index (χ2n) is 3.91. The molecule has 0 aliphatic carbocycles. The Morgan fingerprint density at radius 2 is 2.17 bits per heavy atom. The largest absolute Gasteiger partial charge is 0.481 e. The quantitative estimate of drug-likeness (QED) is 0.837. The van der Waals surface area contributed by atoms with Gasteiger partial charge in [0.15, 0.2) is 0 Å². The van der Waals surface area contributed by atoms with E-state index >= 15 is 0 Å². The van der Waals surface area contributed by atoms with Gasteiger partial charge in [-0.1, -0.05) is 0 Å². The van der Waals surface area contributed by atoms with Crippen molar-refractivity contribution >= 4 is 5.91 Å². The van der Waals surface area contributed by atoms with Crippen molar-refractivity contribution in [3.05, 3.63) is 22.9 Å². The number of carbonyl (C=O) groups is 1. The van der Waals surface area contributed by atoms with Gasteiger partial charge in [0.2, 0.25) is 5.88 Å². The van der Waals surface area contributed by atoms with Gasteiger partial charge in [-0.2, -0.15) is 13.2 Å². The number of carbonyl (C=O) groups excluding carboxylic acids is 1. The molecule has 0 saturated heterocycles. The molecule has 0 unspecified atom stereocenters. The van der Waals surface area contributed by atoms with E-state index in [1.54, 1.807) is 0 Å². The highest BCUT2D eigenvalue weighted by molar-refractivity contribution is 5.94. The summed E-state index contributed by atoms with van der Waals surface area (Å²) in [6.07, 6.45) is -3.58. The van der Waals surface area contributed by atoms with E-state index in [4.69, 9.17) is 0 Å². The Morgan fingerprint density at radius 3 is 2.78 bits per heavy atom. The van der Waals surface area contributed by atoms with E-state index in [9.17, 15) is 18.0 Å². The first kappa shape index (κ1) is 12.7. The number of hydrogen-bond acceptors (Lipinski definition) is 3. The van der Waals surface area contributed by atoms with Crippen molar-refractivity contribution in [1.29, 1.82) is 0 Å². The molecule has 1 aromatic rings. The van der Waals surface area contributed by atoms with Crippen LogP contribution >= 0.6 is 0 Å². The Balaban J connectivity index is 2.59. The summed E-state index contributed by atoms with van der Waals surface area (Å²) in [5, 5.41) is 2.57. The fourth-order valence-electron chi connectivity index (χ4n) is 1.85. The number of nitrogens with zero attached hydrogens (tertiary/aromatic N) is 1. The van der Waals surface area contributed by atoms with E-state index in [1.165, 1.54) is 0 Å². The van der Waals surface area contributed by atoms with Gasteiger partial charge in [-0.15, -0.1) is 0 Å². The topological polar surface area (TPSA) is 51.2 Å². The Kier molecular flexibility index (Phi) is 3.14. The van der Waals surface area contributed by atoms with Gasteiger partial charge in [-0.05, 0) is 24.5 Å². The molecule has 0 fully saturated rings. The number of fused-ring (bicyclic) bond motifs is 1. The van der Waals surface area contributed by atoms with Gasteiger partial charge >= 0.3 is 6.18 Å². The minimum absolute atomic E-state index is 0.0114. The van der Waals surface area contributed by atoms with Crippen LogP contribution in [0, 0.1) is 0 Å². The van der Waals surface area contributed by atoms with Crippen LogP contribution in [0.25, 0.3) is 0 Å². The van der Waals surface area contributed by atoms with Gasteiger partial charge in [-0.3, -0.25) is 4.79 Å². The Bertz CT molecular complexity index is 486. The highest BCUT2D eigenvalue weighted by Gasteiger charge is 2.37. The molecule has 18 heavy (non-hydrogen) atoms. The zero-order valence-corrected chi connectivity index (χ0v) is 9.60. The lowest BCUT2D eigenvalue weighted by atomic mass is 10.1. The van der Waals surface area contributed by atoms with Crippen LogP contribution in [0.3, 0.4) is 0 Å². The standard InChI is InChI=1S/C11H11F3N2O2/c1-18-10-7(11(12,13)14)5-6-3-2-4-15-9(17)8(6)16-10/h5H,2-4H2,1H3,(H,15,17). The van der Waals surface area contributed by atoms with Crippen molar-refractivity contribution in [2.45, 2.75) is 19.0 Å². The Labute approximate surface area is 101 Å². The first-order chi connectivity index (χ1) is 8.43. The molecular weight excluding hydrogens is 249 g/mol. The summed E-state index contributed by atoms with van der Waals surface area (Å²) in [5.41, 5.74) is -0.631. The molecular formula is C11H11F3N2O2. The fraction of sp³-hybridized carbons (Fsp3) is 0.455. The molecule has 0 atom stereocenters. The number of ether oxygens (including phenoxy) is 1. The maximum Gasteiger partial charge on any atom is 0.421 e. The van der Waals surface area contributed by atoms with Crippen molar-refractivity contribution in [1.82, 2.24) is 10.3 Å². The number of aryl methyl sites for hydroxylation is 1. The van der Waals surface area contributed by atoms with Gasteiger partial charge in [0.1, 0.15) is 11.3 Å². The first-order valence-electron chi connectivity index (χ1n) is 5.37. The number of hydrogen-bond donors (Lipinski definition) is 1. The second-order valence-corrected chi connectivity index (χ2v) is 3.91. The summed E-state index contributed by atoms with van der Waals surface area (Å²) >= 11 is 0. The number of amides is 1. The third-order valence-electron chi connectivity index (χ3n) is 2.69. The van der Waals surface area contributed by atoms with Crippen molar-refractivity contribution in [2.75, 3.05) is 13.7 Å². The SMILES string of the molecule is COc1nc2c(cc1C(F)(F)F)CCCNC2=O. The van der Waals surface area contributed by atoms with Gasteiger partial charge in [-0.25, -0.2) is 4.98 Å². The van der Waals surface area contributed by atoms with E-state index in [0.717, 1.165) is 13.2 Å². The van der Waals surface area contributed by atoms with Crippen LogP contribution in [-0.4, -0.2) is 24.5 Å². The Morgan fingerprint density at radius 1 is 1.44 bits per heavy atom. The van der Waals surface area contributed by atoms with Gasteiger partial charge in [0.25, 0.3) is 5.91 Å². The molecule has 1 N–H and O–H groups in total. The minimum atomic E-state index is -4.55. The molecule has 0 radical (unpaired) electrons. The maximum absolute atomic E-state index is 12.8. The number of rotatable bonds is 1. The molecule has 0 spiro atoms. The lowest BCUT2D eigenvalue weighted by Gasteiger charge is -2.14. The summed E-state index contributed by atoms with van der Waals surface area (Å²) in [5.74, 6) is -1.03. The van der Waals surface area contributed by atoms with Crippen molar-refractivity contribution in [2.24, 2.45) is 0 Å². The summed E-state index contributed by atoms with van der Waals surface area (Å²) in [7, 11) is 1.10. The molecule has 1 aliphatic rings. The second kappa shape index (κ2) is 4.47. The average molecular weight is 260 g/mol. The smallest absolute Gasteiger partial charge is 0.421 e. The third kappa shape index (κ3) is 2.25. The van der Waals surface area contributed by atoms with Crippen LogP contribution in [0.2, 0.25) is 0 Å². The lowest BCUT2D eigenvalue weighted by Crippen LogP contribution is -2.24.